The molecule has 0 atom stereocenters. The normalized spacial score (nSPS) is 14.7. The number of carbonyl (C=O) groups excluding carboxylic acids is 2. The summed E-state index contributed by atoms with van der Waals surface area (Å²) in [4.78, 5) is 33.1. The van der Waals surface area contributed by atoms with Gasteiger partial charge in [0.2, 0.25) is 0 Å². The lowest BCUT2D eigenvalue weighted by Gasteiger charge is -2.22. The number of hydrogen-bond acceptors (Lipinski definition) is 4. The number of carbonyl (C=O) groups is 2. The second-order valence-electron chi connectivity index (χ2n) is 6.45. The van der Waals surface area contributed by atoms with Gasteiger partial charge in [0.1, 0.15) is 0 Å². The van der Waals surface area contributed by atoms with Crippen LogP contribution in [0.25, 0.3) is 0 Å². The van der Waals surface area contributed by atoms with E-state index in [1.165, 1.54) is 25.5 Å². The fourth-order valence-electron chi connectivity index (χ4n) is 3.29. The molecule has 1 heterocycles. The van der Waals surface area contributed by atoms with Gasteiger partial charge >= 0.3 is 6.03 Å². The number of imide groups is 1. The highest BCUT2D eigenvalue weighted by Gasteiger charge is 2.20. The van der Waals surface area contributed by atoms with Crippen LogP contribution < -0.4 is 10.6 Å². The minimum absolute atomic E-state index is 0.235. The van der Waals surface area contributed by atoms with Gasteiger partial charge in [-0.2, -0.15) is 0 Å². The average molecular weight is 373 g/mol. The summed E-state index contributed by atoms with van der Waals surface area (Å²) in [7, 11) is 0. The third kappa shape index (κ3) is 4.38. The van der Waals surface area contributed by atoms with Crippen LogP contribution in [0.15, 0.2) is 30.5 Å². The highest BCUT2D eigenvalue weighted by atomic mass is 35.5. The van der Waals surface area contributed by atoms with Crippen LogP contribution in [0.2, 0.25) is 5.02 Å². The Morgan fingerprint density at radius 3 is 2.58 bits per heavy atom. The van der Waals surface area contributed by atoms with E-state index in [0.29, 0.717) is 11.7 Å². The third-order valence-electron chi connectivity index (χ3n) is 4.56. The van der Waals surface area contributed by atoms with Crippen molar-refractivity contribution >= 4 is 29.4 Å². The zero-order valence-electron chi connectivity index (χ0n) is 14.6. The lowest BCUT2D eigenvalue weighted by Crippen LogP contribution is -2.34. The molecular formula is C19H21ClN4O2. The van der Waals surface area contributed by atoms with Crippen molar-refractivity contribution in [2.45, 2.75) is 44.9 Å². The monoisotopic (exact) mass is 372 g/mol. The van der Waals surface area contributed by atoms with E-state index in [1.54, 1.807) is 24.3 Å². The van der Waals surface area contributed by atoms with Crippen molar-refractivity contribution in [3.05, 3.63) is 52.4 Å². The first-order valence-electron chi connectivity index (χ1n) is 8.75. The Morgan fingerprint density at radius 2 is 1.88 bits per heavy atom. The number of nitrogens with one attached hydrogen (secondary N) is 2. The van der Waals surface area contributed by atoms with E-state index in [-0.39, 0.29) is 10.6 Å². The van der Waals surface area contributed by atoms with E-state index in [2.05, 4.69) is 20.6 Å². The minimum atomic E-state index is -0.672. The molecule has 1 aliphatic rings. The second-order valence-corrected chi connectivity index (χ2v) is 6.86. The number of aryl methyl sites for hydroxylation is 1. The molecule has 0 radical (unpaired) electrons. The Kier molecular flexibility index (Phi) is 5.83. The van der Waals surface area contributed by atoms with Gasteiger partial charge in [0, 0.05) is 5.92 Å². The molecule has 7 heteroatoms. The number of nitrogens with zero attached hydrogens (tertiary/aromatic N) is 2. The average Bonchev–Trinajstić information content (AvgIpc) is 2.62. The molecule has 3 amide bonds. The number of halogens is 1. The highest BCUT2D eigenvalue weighted by molar-refractivity contribution is 6.34. The van der Waals surface area contributed by atoms with Crippen LogP contribution >= 0.6 is 11.6 Å². The summed E-state index contributed by atoms with van der Waals surface area (Å²) in [6.45, 7) is 1.90. The van der Waals surface area contributed by atoms with Crippen LogP contribution in [0, 0.1) is 6.92 Å². The smallest absolute Gasteiger partial charge is 0.291 e. The molecule has 3 rings (SSSR count). The van der Waals surface area contributed by atoms with Crippen molar-refractivity contribution < 1.29 is 9.59 Å². The molecule has 0 spiro atoms. The Morgan fingerprint density at radius 1 is 1.15 bits per heavy atom. The van der Waals surface area contributed by atoms with Gasteiger partial charge in [0.15, 0.2) is 5.82 Å². The van der Waals surface area contributed by atoms with Crippen LogP contribution in [0.3, 0.4) is 0 Å². The number of anilines is 1. The summed E-state index contributed by atoms with van der Waals surface area (Å²) < 4.78 is 0. The quantitative estimate of drug-likeness (QED) is 0.833. The van der Waals surface area contributed by atoms with E-state index < -0.39 is 11.9 Å². The van der Waals surface area contributed by atoms with Crippen molar-refractivity contribution in [2.24, 2.45) is 0 Å². The molecule has 0 aliphatic heterocycles. The first kappa shape index (κ1) is 18.3. The van der Waals surface area contributed by atoms with Crippen molar-refractivity contribution in [1.29, 1.82) is 0 Å². The molecule has 1 aromatic heterocycles. The summed E-state index contributed by atoms with van der Waals surface area (Å²) in [5.41, 5.74) is 2.05. The minimum Gasteiger partial charge on any atom is -0.291 e. The van der Waals surface area contributed by atoms with Gasteiger partial charge in [0.05, 0.1) is 28.2 Å². The molecule has 136 valence electrons. The molecule has 1 saturated carbocycles. The maximum Gasteiger partial charge on any atom is 0.327 e. The van der Waals surface area contributed by atoms with Crippen LogP contribution in [0.5, 0.6) is 0 Å². The van der Waals surface area contributed by atoms with Crippen molar-refractivity contribution in [3.63, 3.8) is 0 Å². The molecule has 0 bridgehead atoms. The predicted molar refractivity (Wildman–Crippen MR) is 101 cm³/mol. The predicted octanol–water partition coefficient (Wildman–Crippen LogP) is 4.45. The van der Waals surface area contributed by atoms with E-state index in [0.717, 1.165) is 24.2 Å². The summed E-state index contributed by atoms with van der Waals surface area (Å²) in [5.74, 6) is 0.184. The number of urea groups is 1. The van der Waals surface area contributed by atoms with Gasteiger partial charge in [-0.3, -0.25) is 20.4 Å². The maximum atomic E-state index is 12.1. The molecular weight excluding hydrogens is 352 g/mol. The second kappa shape index (κ2) is 8.27. The van der Waals surface area contributed by atoms with E-state index in [9.17, 15) is 9.59 Å². The molecule has 1 aromatic carbocycles. The van der Waals surface area contributed by atoms with Crippen LogP contribution in [0.4, 0.5) is 10.6 Å². The van der Waals surface area contributed by atoms with Gasteiger partial charge in [-0.15, -0.1) is 0 Å². The van der Waals surface area contributed by atoms with E-state index >= 15 is 0 Å². The lowest BCUT2D eigenvalue weighted by molar-refractivity contribution is 0.0967. The number of amides is 3. The molecule has 1 fully saturated rings. The number of rotatable bonds is 3. The van der Waals surface area contributed by atoms with Crippen LogP contribution in [-0.4, -0.2) is 21.9 Å². The maximum absolute atomic E-state index is 12.1. The van der Waals surface area contributed by atoms with Gasteiger partial charge in [-0.1, -0.05) is 43.0 Å². The number of benzene rings is 1. The third-order valence-corrected chi connectivity index (χ3v) is 4.89. The Labute approximate surface area is 157 Å². The van der Waals surface area contributed by atoms with E-state index in [4.69, 9.17) is 11.6 Å². The SMILES string of the molecule is Cc1nc(NC(=O)NC(=O)c2ccccc2Cl)cnc1C1CCCCC1. The molecule has 2 aromatic rings. The van der Waals surface area contributed by atoms with E-state index in [1.807, 2.05) is 6.92 Å². The summed E-state index contributed by atoms with van der Waals surface area (Å²) in [5, 5.41) is 5.07. The standard InChI is InChI=1S/C19H21ClN4O2/c1-12-17(13-7-3-2-4-8-13)21-11-16(22-12)23-19(26)24-18(25)14-9-5-6-10-15(14)20/h5-6,9-11,13H,2-4,7-8H2,1H3,(H2,22,23,24,25,26). The Hall–Kier alpha value is -2.47. The topological polar surface area (TPSA) is 84.0 Å². The Bertz CT molecular complexity index is 819. The van der Waals surface area contributed by atoms with Crippen LogP contribution in [-0.2, 0) is 0 Å². The molecule has 0 saturated heterocycles. The van der Waals surface area contributed by atoms with Gasteiger partial charge in [-0.05, 0) is 31.9 Å². The zero-order chi connectivity index (χ0) is 18.5. The largest absolute Gasteiger partial charge is 0.327 e. The van der Waals surface area contributed by atoms with Gasteiger partial charge in [0.25, 0.3) is 5.91 Å². The lowest BCUT2D eigenvalue weighted by atomic mass is 9.86. The van der Waals surface area contributed by atoms with Crippen molar-refractivity contribution in [1.82, 2.24) is 15.3 Å². The van der Waals surface area contributed by atoms with Gasteiger partial charge < -0.3 is 0 Å². The molecule has 6 nitrogen and oxygen atoms in total. The molecule has 0 unspecified atom stereocenters. The summed E-state index contributed by atoms with van der Waals surface area (Å²) in [6.07, 6.45) is 7.53. The Balaban J connectivity index is 1.63. The molecule has 1 aliphatic carbocycles. The van der Waals surface area contributed by atoms with Crippen molar-refractivity contribution in [3.8, 4) is 0 Å². The first-order chi connectivity index (χ1) is 12.5. The fourth-order valence-corrected chi connectivity index (χ4v) is 3.51. The molecule has 2 N–H and O–H groups in total. The van der Waals surface area contributed by atoms with Crippen molar-refractivity contribution in [2.75, 3.05) is 5.32 Å². The van der Waals surface area contributed by atoms with Crippen LogP contribution in [0.1, 0.15) is 59.8 Å². The van der Waals surface area contributed by atoms with Gasteiger partial charge in [-0.25, -0.2) is 9.78 Å². The first-order valence-corrected chi connectivity index (χ1v) is 9.13. The summed E-state index contributed by atoms with van der Waals surface area (Å²) in [6, 6.07) is 5.86. The zero-order valence-corrected chi connectivity index (χ0v) is 15.3. The molecule has 26 heavy (non-hydrogen) atoms. The summed E-state index contributed by atoms with van der Waals surface area (Å²) >= 11 is 5.96. The highest BCUT2D eigenvalue weighted by Crippen LogP contribution is 2.32. The number of hydrogen-bond donors (Lipinski definition) is 2. The number of aromatic nitrogens is 2. The fraction of sp³-hybridized carbons (Fsp3) is 0.368.